The van der Waals surface area contributed by atoms with Gasteiger partial charge in [-0.05, 0) is 79.6 Å². The molecule has 4 aromatic rings. The van der Waals surface area contributed by atoms with Crippen molar-refractivity contribution in [3.8, 4) is 5.75 Å². The van der Waals surface area contributed by atoms with Gasteiger partial charge in [-0.2, -0.15) is 15.0 Å². The van der Waals surface area contributed by atoms with Crippen molar-refractivity contribution < 1.29 is 24.2 Å². The summed E-state index contributed by atoms with van der Waals surface area (Å²) in [6.45, 7) is 4.18. The lowest BCUT2D eigenvalue weighted by Crippen LogP contribution is -2.22. The van der Waals surface area contributed by atoms with Crippen LogP contribution in [0.15, 0.2) is 72.8 Å². The molecule has 1 aromatic heterocycles. The number of aromatic nitrogens is 3. The third kappa shape index (κ3) is 12.0. The lowest BCUT2D eigenvalue weighted by atomic mass is 10.2. The summed E-state index contributed by atoms with van der Waals surface area (Å²) in [5.74, 6) is 0.959. The average Bonchev–Trinajstić information content (AvgIpc) is 3.03. The Labute approximate surface area is 266 Å². The first kappa shape index (κ1) is 33.1. The standard InChI is InChI=1S/C32H36ClN7O5/c1-22(41)3-2-17-44-19-20-45-18-16-34-30-38-31(40-32(39-30)37-27-12-14-28(42)15-13-27)36-26-10-6-24(7-11-26)29(43)35-21-23-4-8-25(33)9-5-23/h4-15,42H,2-3,16-21H2,1H3,(H,35,43)(H3,34,36,37,38,39,40). The summed E-state index contributed by atoms with van der Waals surface area (Å²) in [4.78, 5) is 37.0. The van der Waals surface area contributed by atoms with Crippen LogP contribution in [0.3, 0.4) is 0 Å². The van der Waals surface area contributed by atoms with Crippen LogP contribution in [0.2, 0.25) is 5.02 Å². The van der Waals surface area contributed by atoms with Gasteiger partial charge in [-0.3, -0.25) is 4.79 Å². The normalized spacial score (nSPS) is 10.7. The number of hydrogen-bond donors (Lipinski definition) is 5. The number of phenolic OH excluding ortho intramolecular Hbond substituents is 1. The van der Waals surface area contributed by atoms with Crippen LogP contribution >= 0.6 is 11.6 Å². The number of ether oxygens (including phenoxy) is 2. The number of nitrogens with one attached hydrogen (secondary N) is 4. The lowest BCUT2D eigenvalue weighted by Gasteiger charge is -2.12. The zero-order valence-electron chi connectivity index (χ0n) is 24.9. The Kier molecular flexibility index (Phi) is 12.9. The second-order valence-corrected chi connectivity index (χ2v) is 10.4. The van der Waals surface area contributed by atoms with Crippen LogP contribution < -0.4 is 21.3 Å². The molecule has 0 aliphatic carbocycles. The van der Waals surface area contributed by atoms with Crippen LogP contribution in [-0.2, 0) is 20.8 Å². The lowest BCUT2D eigenvalue weighted by molar-refractivity contribution is -0.117. The maximum Gasteiger partial charge on any atom is 0.251 e. The van der Waals surface area contributed by atoms with E-state index in [0.717, 1.165) is 5.56 Å². The first-order valence-corrected chi connectivity index (χ1v) is 14.8. The Morgan fingerprint density at radius 2 is 1.33 bits per heavy atom. The highest BCUT2D eigenvalue weighted by atomic mass is 35.5. The molecule has 45 heavy (non-hydrogen) atoms. The van der Waals surface area contributed by atoms with Crippen LogP contribution in [0, 0.1) is 0 Å². The summed E-state index contributed by atoms with van der Waals surface area (Å²) in [6, 6.07) is 20.7. The molecular weight excluding hydrogens is 598 g/mol. The van der Waals surface area contributed by atoms with E-state index in [9.17, 15) is 14.7 Å². The fourth-order valence-electron chi connectivity index (χ4n) is 3.94. The van der Waals surface area contributed by atoms with Gasteiger partial charge in [0.05, 0.1) is 19.8 Å². The van der Waals surface area contributed by atoms with Crippen molar-refractivity contribution in [1.82, 2.24) is 20.3 Å². The SMILES string of the molecule is CC(=O)CCCOCCOCCNc1nc(Nc2ccc(O)cc2)nc(Nc2ccc(C(=O)NCc3ccc(Cl)cc3)cc2)n1. The zero-order valence-corrected chi connectivity index (χ0v) is 25.6. The van der Waals surface area contributed by atoms with Crippen molar-refractivity contribution in [1.29, 1.82) is 0 Å². The summed E-state index contributed by atoms with van der Waals surface area (Å²) in [5, 5.41) is 22.5. The van der Waals surface area contributed by atoms with Gasteiger partial charge in [-0.25, -0.2) is 0 Å². The van der Waals surface area contributed by atoms with Crippen LogP contribution in [0.25, 0.3) is 0 Å². The van der Waals surface area contributed by atoms with Crippen molar-refractivity contribution >= 4 is 52.5 Å². The average molecular weight is 634 g/mol. The monoisotopic (exact) mass is 633 g/mol. The Morgan fingerprint density at radius 1 is 0.756 bits per heavy atom. The largest absolute Gasteiger partial charge is 0.508 e. The maximum atomic E-state index is 12.6. The summed E-state index contributed by atoms with van der Waals surface area (Å²) in [7, 11) is 0. The van der Waals surface area contributed by atoms with Crippen molar-refractivity contribution in [2.75, 3.05) is 48.9 Å². The predicted molar refractivity (Wildman–Crippen MR) is 174 cm³/mol. The van der Waals surface area contributed by atoms with Crippen LogP contribution in [0.5, 0.6) is 5.75 Å². The summed E-state index contributed by atoms with van der Waals surface area (Å²) >= 11 is 5.93. The summed E-state index contributed by atoms with van der Waals surface area (Å²) in [5.41, 5.74) is 2.80. The molecule has 0 unspecified atom stereocenters. The molecule has 0 saturated carbocycles. The zero-order chi connectivity index (χ0) is 31.9. The molecule has 0 saturated heterocycles. The van der Waals surface area contributed by atoms with Crippen LogP contribution in [0.4, 0.5) is 29.2 Å². The van der Waals surface area contributed by atoms with Gasteiger partial charge in [0.1, 0.15) is 11.5 Å². The molecule has 0 aliphatic heterocycles. The Balaban J connectivity index is 1.32. The second-order valence-electron chi connectivity index (χ2n) is 9.95. The van der Waals surface area contributed by atoms with Gasteiger partial charge >= 0.3 is 0 Å². The molecule has 0 aliphatic rings. The smallest absolute Gasteiger partial charge is 0.251 e. The molecule has 1 amide bonds. The Morgan fingerprint density at radius 3 is 1.96 bits per heavy atom. The predicted octanol–water partition coefficient (Wildman–Crippen LogP) is 5.46. The molecule has 0 fully saturated rings. The molecule has 0 spiro atoms. The number of aromatic hydroxyl groups is 1. The van der Waals surface area contributed by atoms with E-state index in [4.69, 9.17) is 21.1 Å². The van der Waals surface area contributed by atoms with E-state index in [1.165, 1.54) is 0 Å². The number of benzene rings is 3. The quantitative estimate of drug-likeness (QED) is 0.0699. The number of amides is 1. The highest BCUT2D eigenvalue weighted by Crippen LogP contribution is 2.21. The summed E-state index contributed by atoms with van der Waals surface area (Å²) in [6.07, 6.45) is 1.23. The minimum atomic E-state index is -0.203. The Hall–Kier alpha value is -4.78. The third-order valence-electron chi connectivity index (χ3n) is 6.25. The van der Waals surface area contributed by atoms with E-state index >= 15 is 0 Å². The number of anilines is 5. The Bertz CT molecular complexity index is 1520. The molecule has 13 heteroatoms. The minimum Gasteiger partial charge on any atom is -0.508 e. The van der Waals surface area contributed by atoms with Crippen LogP contribution in [0.1, 0.15) is 35.7 Å². The van der Waals surface area contributed by atoms with E-state index in [1.54, 1.807) is 67.6 Å². The molecular formula is C32H36ClN7O5. The van der Waals surface area contributed by atoms with E-state index in [2.05, 4.69) is 36.2 Å². The van der Waals surface area contributed by atoms with Gasteiger partial charge in [0.25, 0.3) is 5.91 Å². The fourth-order valence-corrected chi connectivity index (χ4v) is 4.07. The first-order valence-electron chi connectivity index (χ1n) is 14.4. The topological polar surface area (TPSA) is 160 Å². The molecule has 0 bridgehead atoms. The number of ketones is 1. The number of carbonyl (C=O) groups is 2. The van der Waals surface area contributed by atoms with Crippen molar-refractivity contribution in [3.05, 3.63) is 88.9 Å². The van der Waals surface area contributed by atoms with E-state index in [0.29, 0.717) is 80.3 Å². The van der Waals surface area contributed by atoms with E-state index in [-0.39, 0.29) is 29.3 Å². The van der Waals surface area contributed by atoms with Gasteiger partial charge in [0.15, 0.2) is 0 Å². The number of phenols is 1. The molecule has 1 heterocycles. The third-order valence-corrected chi connectivity index (χ3v) is 6.50. The summed E-state index contributed by atoms with van der Waals surface area (Å²) < 4.78 is 11.1. The maximum absolute atomic E-state index is 12.6. The fraction of sp³-hybridized carbons (Fsp3) is 0.281. The number of carbonyl (C=O) groups excluding carboxylic acids is 2. The van der Waals surface area contributed by atoms with Crippen molar-refractivity contribution in [2.24, 2.45) is 0 Å². The van der Waals surface area contributed by atoms with E-state index < -0.39 is 0 Å². The number of hydrogen-bond acceptors (Lipinski definition) is 11. The highest BCUT2D eigenvalue weighted by Gasteiger charge is 2.10. The molecule has 5 N–H and O–H groups in total. The second kappa shape index (κ2) is 17.5. The van der Waals surface area contributed by atoms with E-state index in [1.807, 2.05) is 12.1 Å². The molecule has 236 valence electrons. The van der Waals surface area contributed by atoms with Crippen molar-refractivity contribution in [2.45, 2.75) is 26.3 Å². The van der Waals surface area contributed by atoms with Crippen LogP contribution in [-0.4, -0.2) is 64.7 Å². The number of Topliss-reactive ketones (excluding diaryl/α,β-unsaturated/α-hetero) is 1. The van der Waals surface area contributed by atoms with Gasteiger partial charge in [-0.1, -0.05) is 23.7 Å². The molecule has 0 atom stereocenters. The number of halogens is 1. The molecule has 3 aromatic carbocycles. The first-order chi connectivity index (χ1) is 21.8. The van der Waals surface area contributed by atoms with Gasteiger partial charge in [0.2, 0.25) is 17.8 Å². The molecule has 0 radical (unpaired) electrons. The highest BCUT2D eigenvalue weighted by molar-refractivity contribution is 6.30. The minimum absolute atomic E-state index is 0.143. The van der Waals surface area contributed by atoms with Crippen molar-refractivity contribution in [3.63, 3.8) is 0 Å². The van der Waals surface area contributed by atoms with Gasteiger partial charge in [0, 0.05) is 48.1 Å². The number of nitrogens with zero attached hydrogens (tertiary/aromatic N) is 3. The van der Waals surface area contributed by atoms with Gasteiger partial charge < -0.3 is 40.6 Å². The molecule has 12 nitrogen and oxygen atoms in total. The van der Waals surface area contributed by atoms with Gasteiger partial charge in [-0.15, -0.1) is 0 Å². The number of rotatable bonds is 18. The molecule has 4 rings (SSSR count).